The van der Waals surface area contributed by atoms with Crippen LogP contribution in [0.15, 0.2) is 17.5 Å². The lowest BCUT2D eigenvalue weighted by Crippen LogP contribution is -2.45. The molecule has 0 spiro atoms. The van der Waals surface area contributed by atoms with E-state index < -0.39 is 0 Å². The van der Waals surface area contributed by atoms with E-state index in [0.717, 1.165) is 43.1 Å². The molecule has 5 heteroatoms. The molecular formula is C25H38N2O2S. The van der Waals surface area contributed by atoms with E-state index in [1.165, 1.54) is 16.1 Å². The van der Waals surface area contributed by atoms with Crippen LogP contribution in [0.5, 0.6) is 5.75 Å². The smallest absolute Gasteiger partial charge is 0.132 e. The number of hydrogen-bond donors (Lipinski definition) is 0. The molecule has 3 rings (SSSR count). The van der Waals surface area contributed by atoms with Gasteiger partial charge in [0.1, 0.15) is 10.8 Å². The van der Waals surface area contributed by atoms with Crippen molar-refractivity contribution in [3.05, 3.63) is 33.6 Å². The van der Waals surface area contributed by atoms with E-state index in [0.29, 0.717) is 0 Å². The van der Waals surface area contributed by atoms with Crippen molar-refractivity contribution in [1.29, 1.82) is 0 Å². The molecule has 1 aromatic heterocycles. The molecule has 0 bridgehead atoms. The van der Waals surface area contributed by atoms with Crippen molar-refractivity contribution in [2.75, 3.05) is 34.4 Å². The predicted molar refractivity (Wildman–Crippen MR) is 127 cm³/mol. The monoisotopic (exact) mass is 430 g/mol. The number of hydrogen-bond acceptors (Lipinski definition) is 5. The largest absolute Gasteiger partial charge is 0.496 e. The highest BCUT2D eigenvalue weighted by atomic mass is 32.1. The highest BCUT2D eigenvalue weighted by Crippen LogP contribution is 2.45. The second kappa shape index (κ2) is 8.25. The van der Waals surface area contributed by atoms with Crippen molar-refractivity contribution < 1.29 is 9.47 Å². The van der Waals surface area contributed by atoms with Gasteiger partial charge in [0.05, 0.1) is 18.3 Å². The molecule has 0 aliphatic carbocycles. The van der Waals surface area contributed by atoms with Crippen LogP contribution in [0.25, 0.3) is 11.3 Å². The average molecular weight is 431 g/mol. The Morgan fingerprint density at radius 1 is 1.03 bits per heavy atom. The third-order valence-electron chi connectivity index (χ3n) is 6.32. The predicted octanol–water partition coefficient (Wildman–Crippen LogP) is 5.98. The van der Waals surface area contributed by atoms with E-state index in [2.05, 4.69) is 78.1 Å². The first kappa shape index (κ1) is 23.2. The van der Waals surface area contributed by atoms with E-state index in [-0.39, 0.29) is 16.4 Å². The molecule has 30 heavy (non-hydrogen) atoms. The van der Waals surface area contributed by atoms with Crippen LogP contribution in [0, 0.1) is 0 Å². The van der Waals surface area contributed by atoms with Crippen LogP contribution in [0.3, 0.4) is 0 Å². The molecule has 0 N–H and O–H groups in total. The van der Waals surface area contributed by atoms with Crippen molar-refractivity contribution >= 4 is 11.3 Å². The summed E-state index contributed by atoms with van der Waals surface area (Å²) in [6.45, 7) is 15.1. The molecule has 166 valence electrons. The molecular weight excluding hydrogens is 392 g/mol. The molecule has 1 saturated heterocycles. The Balaban J connectivity index is 2.19. The molecule has 2 aromatic rings. The van der Waals surface area contributed by atoms with Crippen LogP contribution in [0.1, 0.15) is 70.5 Å². The minimum Gasteiger partial charge on any atom is -0.496 e. The summed E-state index contributed by atoms with van der Waals surface area (Å²) in [6.07, 6.45) is 1.94. The zero-order valence-electron chi connectivity index (χ0n) is 20.2. The van der Waals surface area contributed by atoms with Gasteiger partial charge in [0.2, 0.25) is 0 Å². The zero-order chi connectivity index (χ0) is 22.3. The molecule has 0 unspecified atom stereocenters. The Bertz CT molecular complexity index is 882. The maximum atomic E-state index is 5.99. The SMILES string of the molecule is COc1c(-c2csc(C3(N(C)C)CCOCC3)n2)cc(C(C)(C)C)cc1C(C)(C)C. The molecule has 1 fully saturated rings. The van der Waals surface area contributed by atoms with E-state index in [9.17, 15) is 0 Å². The minimum atomic E-state index is -0.0527. The van der Waals surface area contributed by atoms with E-state index >= 15 is 0 Å². The molecule has 0 saturated carbocycles. The first-order valence-electron chi connectivity index (χ1n) is 10.8. The molecule has 0 amide bonds. The van der Waals surface area contributed by atoms with Crippen molar-refractivity contribution in [3.8, 4) is 17.0 Å². The normalized spacial score (nSPS) is 17.4. The Morgan fingerprint density at radius 2 is 1.67 bits per heavy atom. The number of aromatic nitrogens is 1. The Hall–Kier alpha value is -1.43. The average Bonchev–Trinajstić information content (AvgIpc) is 3.16. The Kier molecular flexibility index (Phi) is 6.39. The molecule has 0 radical (unpaired) electrons. The molecule has 0 atom stereocenters. The summed E-state index contributed by atoms with van der Waals surface area (Å²) in [6, 6.07) is 4.59. The summed E-state index contributed by atoms with van der Waals surface area (Å²) in [7, 11) is 6.09. The van der Waals surface area contributed by atoms with Crippen molar-refractivity contribution in [1.82, 2.24) is 9.88 Å². The third kappa shape index (κ3) is 4.30. The summed E-state index contributed by atoms with van der Waals surface area (Å²) in [5, 5.41) is 3.37. The fourth-order valence-corrected chi connectivity index (χ4v) is 5.36. The highest BCUT2D eigenvalue weighted by molar-refractivity contribution is 7.10. The second-order valence-corrected chi connectivity index (χ2v) is 11.5. The van der Waals surface area contributed by atoms with Crippen LogP contribution in [0.4, 0.5) is 0 Å². The topological polar surface area (TPSA) is 34.6 Å². The zero-order valence-corrected chi connectivity index (χ0v) is 21.0. The first-order valence-corrected chi connectivity index (χ1v) is 11.7. The quantitative estimate of drug-likeness (QED) is 0.597. The maximum Gasteiger partial charge on any atom is 0.132 e. The van der Waals surface area contributed by atoms with E-state index in [1.54, 1.807) is 18.4 Å². The fourth-order valence-electron chi connectivity index (χ4n) is 4.20. The van der Waals surface area contributed by atoms with Gasteiger partial charge in [-0.05, 0) is 49.4 Å². The summed E-state index contributed by atoms with van der Waals surface area (Å²) in [5.41, 5.74) is 4.62. The lowest BCUT2D eigenvalue weighted by Gasteiger charge is -2.41. The fraction of sp³-hybridized carbons (Fsp3) is 0.640. The lowest BCUT2D eigenvalue weighted by molar-refractivity contribution is -0.0106. The molecule has 1 aliphatic rings. The van der Waals surface area contributed by atoms with Gasteiger partial charge in [-0.15, -0.1) is 11.3 Å². The van der Waals surface area contributed by atoms with Crippen LogP contribution in [-0.2, 0) is 21.1 Å². The van der Waals surface area contributed by atoms with E-state index in [4.69, 9.17) is 14.5 Å². The van der Waals surface area contributed by atoms with Gasteiger partial charge in [-0.25, -0.2) is 4.98 Å². The van der Waals surface area contributed by atoms with Gasteiger partial charge < -0.3 is 9.47 Å². The number of methoxy groups -OCH3 is 1. The summed E-state index contributed by atoms with van der Waals surface area (Å²) in [5.74, 6) is 0.943. The number of ether oxygens (including phenoxy) is 2. The minimum absolute atomic E-state index is 0.0221. The van der Waals surface area contributed by atoms with Gasteiger partial charge in [-0.1, -0.05) is 47.6 Å². The van der Waals surface area contributed by atoms with Gasteiger partial charge in [0.25, 0.3) is 0 Å². The van der Waals surface area contributed by atoms with Crippen molar-refractivity contribution in [2.24, 2.45) is 0 Å². The van der Waals surface area contributed by atoms with Crippen molar-refractivity contribution in [2.45, 2.75) is 70.8 Å². The lowest BCUT2D eigenvalue weighted by atomic mass is 9.78. The van der Waals surface area contributed by atoms with Crippen LogP contribution < -0.4 is 4.74 Å². The summed E-state index contributed by atoms with van der Waals surface area (Å²) in [4.78, 5) is 7.51. The number of thiazole rings is 1. The molecule has 1 aromatic carbocycles. The van der Waals surface area contributed by atoms with Gasteiger partial charge in [-0.2, -0.15) is 0 Å². The van der Waals surface area contributed by atoms with Crippen LogP contribution in [-0.4, -0.2) is 44.3 Å². The molecule has 2 heterocycles. The summed E-state index contributed by atoms with van der Waals surface area (Å²) < 4.78 is 11.6. The van der Waals surface area contributed by atoms with Gasteiger partial charge >= 0.3 is 0 Å². The number of rotatable bonds is 4. The molecule has 1 aliphatic heterocycles. The van der Waals surface area contributed by atoms with Crippen LogP contribution in [0.2, 0.25) is 0 Å². The standard InChI is InChI=1S/C25H38N2O2S/c1-23(2,3)17-14-18(21(28-9)19(15-17)24(4,5)6)20-16-30-22(26-20)25(27(7)8)10-12-29-13-11-25/h14-16H,10-13H2,1-9H3. The van der Waals surface area contributed by atoms with Gasteiger partial charge in [-0.3, -0.25) is 4.90 Å². The van der Waals surface area contributed by atoms with Crippen LogP contribution >= 0.6 is 11.3 Å². The van der Waals surface area contributed by atoms with E-state index in [1.807, 2.05) is 0 Å². The molecule has 4 nitrogen and oxygen atoms in total. The third-order valence-corrected chi connectivity index (χ3v) is 7.36. The van der Waals surface area contributed by atoms with Gasteiger partial charge in [0, 0.05) is 29.7 Å². The van der Waals surface area contributed by atoms with Gasteiger partial charge in [0.15, 0.2) is 0 Å². The second-order valence-electron chi connectivity index (χ2n) is 10.7. The Labute approximate surface area is 186 Å². The number of nitrogens with zero attached hydrogens (tertiary/aromatic N) is 2. The Morgan fingerprint density at radius 3 is 2.17 bits per heavy atom. The van der Waals surface area contributed by atoms with Crippen molar-refractivity contribution in [3.63, 3.8) is 0 Å². The number of benzene rings is 1. The highest BCUT2D eigenvalue weighted by Gasteiger charge is 2.39. The summed E-state index contributed by atoms with van der Waals surface area (Å²) >= 11 is 1.76. The maximum absolute atomic E-state index is 5.99. The first-order chi connectivity index (χ1) is 13.9.